The summed E-state index contributed by atoms with van der Waals surface area (Å²) in [5.74, 6) is 0.746. The lowest BCUT2D eigenvalue weighted by Crippen LogP contribution is -2.63. The Morgan fingerprint density at radius 1 is 1.39 bits per heavy atom. The SMILES string of the molecule is CCC1CCCCC1(CN)N(CC)C(C)COC. The molecule has 3 heteroatoms. The first-order valence-corrected chi connectivity index (χ1v) is 7.62. The molecule has 3 unspecified atom stereocenters. The molecule has 1 aliphatic rings. The second-order valence-electron chi connectivity index (χ2n) is 5.75. The normalized spacial score (nSPS) is 30.7. The lowest BCUT2D eigenvalue weighted by Gasteiger charge is -2.53. The van der Waals surface area contributed by atoms with Crippen molar-refractivity contribution in [2.24, 2.45) is 11.7 Å². The Morgan fingerprint density at radius 2 is 2.11 bits per heavy atom. The van der Waals surface area contributed by atoms with E-state index in [1.54, 1.807) is 7.11 Å². The minimum Gasteiger partial charge on any atom is -0.383 e. The van der Waals surface area contributed by atoms with Crippen LogP contribution in [0.25, 0.3) is 0 Å². The van der Waals surface area contributed by atoms with Crippen LogP contribution in [-0.4, -0.2) is 43.3 Å². The van der Waals surface area contributed by atoms with Crippen molar-refractivity contribution in [3.8, 4) is 0 Å². The largest absolute Gasteiger partial charge is 0.383 e. The van der Waals surface area contributed by atoms with Crippen LogP contribution >= 0.6 is 0 Å². The van der Waals surface area contributed by atoms with Crippen molar-refractivity contribution in [1.29, 1.82) is 0 Å². The van der Waals surface area contributed by atoms with Gasteiger partial charge in [-0.25, -0.2) is 0 Å². The van der Waals surface area contributed by atoms with Crippen LogP contribution in [-0.2, 0) is 4.74 Å². The van der Waals surface area contributed by atoms with Crippen LogP contribution in [0.5, 0.6) is 0 Å². The fourth-order valence-electron chi connectivity index (χ4n) is 4.04. The molecule has 108 valence electrons. The number of hydrogen-bond acceptors (Lipinski definition) is 3. The Morgan fingerprint density at radius 3 is 2.61 bits per heavy atom. The van der Waals surface area contributed by atoms with Gasteiger partial charge in [0.05, 0.1) is 6.61 Å². The average molecular weight is 256 g/mol. The third-order valence-corrected chi connectivity index (χ3v) is 4.87. The van der Waals surface area contributed by atoms with E-state index in [1.165, 1.54) is 32.1 Å². The summed E-state index contributed by atoms with van der Waals surface area (Å²) in [5, 5.41) is 0. The van der Waals surface area contributed by atoms with E-state index in [4.69, 9.17) is 10.5 Å². The van der Waals surface area contributed by atoms with E-state index >= 15 is 0 Å². The van der Waals surface area contributed by atoms with Gasteiger partial charge in [-0.2, -0.15) is 0 Å². The number of rotatable bonds is 7. The predicted octanol–water partition coefficient (Wildman–Crippen LogP) is 2.64. The van der Waals surface area contributed by atoms with Gasteiger partial charge in [-0.05, 0) is 32.2 Å². The highest BCUT2D eigenvalue weighted by Gasteiger charge is 2.44. The lowest BCUT2D eigenvalue weighted by molar-refractivity contribution is -0.0373. The maximum Gasteiger partial charge on any atom is 0.0615 e. The zero-order chi connectivity index (χ0) is 13.6. The zero-order valence-electron chi connectivity index (χ0n) is 12.7. The van der Waals surface area contributed by atoms with Gasteiger partial charge in [0.1, 0.15) is 0 Å². The Labute approximate surface area is 113 Å². The van der Waals surface area contributed by atoms with Crippen LogP contribution in [0.15, 0.2) is 0 Å². The summed E-state index contributed by atoms with van der Waals surface area (Å²) in [7, 11) is 1.79. The molecule has 0 spiro atoms. The number of likely N-dealkylation sites (N-methyl/N-ethyl adjacent to an activating group) is 1. The molecule has 18 heavy (non-hydrogen) atoms. The average Bonchev–Trinajstić information content (AvgIpc) is 2.40. The molecule has 1 rings (SSSR count). The monoisotopic (exact) mass is 256 g/mol. The van der Waals surface area contributed by atoms with Crippen molar-refractivity contribution in [1.82, 2.24) is 4.90 Å². The van der Waals surface area contributed by atoms with Gasteiger partial charge in [0.2, 0.25) is 0 Å². The Hall–Kier alpha value is -0.120. The van der Waals surface area contributed by atoms with Gasteiger partial charge in [0.15, 0.2) is 0 Å². The van der Waals surface area contributed by atoms with Crippen molar-refractivity contribution < 1.29 is 4.74 Å². The van der Waals surface area contributed by atoms with E-state index in [0.29, 0.717) is 6.04 Å². The van der Waals surface area contributed by atoms with Crippen molar-refractivity contribution in [2.75, 3.05) is 26.8 Å². The Kier molecular flexibility index (Phi) is 6.61. The van der Waals surface area contributed by atoms with Crippen molar-refractivity contribution in [2.45, 2.75) is 64.5 Å². The minimum atomic E-state index is 0.208. The zero-order valence-corrected chi connectivity index (χ0v) is 12.7. The van der Waals surface area contributed by atoms with Crippen LogP contribution in [0.3, 0.4) is 0 Å². The smallest absolute Gasteiger partial charge is 0.0615 e. The molecule has 0 aromatic heterocycles. The first-order chi connectivity index (χ1) is 8.66. The number of hydrogen-bond donors (Lipinski definition) is 1. The van der Waals surface area contributed by atoms with Crippen molar-refractivity contribution in [3.63, 3.8) is 0 Å². The lowest BCUT2D eigenvalue weighted by atomic mass is 9.69. The molecule has 0 aromatic rings. The molecule has 0 aliphatic heterocycles. The number of methoxy groups -OCH3 is 1. The molecule has 0 heterocycles. The number of nitrogens with zero attached hydrogens (tertiary/aromatic N) is 1. The third-order valence-electron chi connectivity index (χ3n) is 4.87. The van der Waals surface area contributed by atoms with Crippen LogP contribution in [0, 0.1) is 5.92 Å². The van der Waals surface area contributed by atoms with Gasteiger partial charge >= 0.3 is 0 Å². The second kappa shape index (κ2) is 7.46. The third kappa shape index (κ3) is 3.06. The van der Waals surface area contributed by atoms with E-state index in [2.05, 4.69) is 25.7 Å². The Balaban J connectivity index is 2.93. The molecule has 0 saturated heterocycles. The maximum absolute atomic E-state index is 6.23. The molecule has 3 nitrogen and oxygen atoms in total. The first-order valence-electron chi connectivity index (χ1n) is 7.62. The quantitative estimate of drug-likeness (QED) is 0.761. The number of nitrogens with two attached hydrogens (primary N) is 1. The molecular weight excluding hydrogens is 224 g/mol. The topological polar surface area (TPSA) is 38.5 Å². The molecule has 1 aliphatic carbocycles. The van der Waals surface area contributed by atoms with Crippen LogP contribution in [0.4, 0.5) is 0 Å². The molecule has 1 fully saturated rings. The molecule has 0 radical (unpaired) electrons. The summed E-state index contributed by atoms with van der Waals surface area (Å²) in [4.78, 5) is 2.61. The van der Waals surface area contributed by atoms with Gasteiger partial charge in [0.25, 0.3) is 0 Å². The summed E-state index contributed by atoms with van der Waals surface area (Å²) >= 11 is 0. The summed E-state index contributed by atoms with van der Waals surface area (Å²) in [6, 6.07) is 0.454. The molecule has 2 N–H and O–H groups in total. The fraction of sp³-hybridized carbons (Fsp3) is 1.00. The predicted molar refractivity (Wildman–Crippen MR) is 77.8 cm³/mol. The highest BCUT2D eigenvalue weighted by atomic mass is 16.5. The highest BCUT2D eigenvalue weighted by Crippen LogP contribution is 2.40. The number of ether oxygens (including phenoxy) is 1. The van der Waals surface area contributed by atoms with Gasteiger partial charge in [-0.15, -0.1) is 0 Å². The summed E-state index contributed by atoms with van der Waals surface area (Å²) in [6.07, 6.45) is 6.53. The molecular formula is C15H32N2O. The fourth-order valence-corrected chi connectivity index (χ4v) is 4.04. The van der Waals surface area contributed by atoms with E-state index in [9.17, 15) is 0 Å². The summed E-state index contributed by atoms with van der Waals surface area (Å²) in [5.41, 5.74) is 6.44. The molecule has 0 bridgehead atoms. The van der Waals surface area contributed by atoms with Crippen molar-refractivity contribution in [3.05, 3.63) is 0 Å². The van der Waals surface area contributed by atoms with E-state index in [1.807, 2.05) is 0 Å². The second-order valence-corrected chi connectivity index (χ2v) is 5.75. The van der Waals surface area contributed by atoms with Gasteiger partial charge in [-0.3, -0.25) is 4.90 Å². The molecule has 0 aromatic carbocycles. The van der Waals surface area contributed by atoms with Crippen molar-refractivity contribution >= 4 is 0 Å². The Bertz CT molecular complexity index is 235. The van der Waals surface area contributed by atoms with E-state index in [-0.39, 0.29) is 5.54 Å². The van der Waals surface area contributed by atoms with Crippen LogP contribution in [0.2, 0.25) is 0 Å². The standard InChI is InChI=1S/C15H32N2O/c1-5-14-9-7-8-10-15(14,12-16)17(6-2)13(3)11-18-4/h13-14H,5-12,16H2,1-4H3. The highest BCUT2D eigenvalue weighted by molar-refractivity contribution is 5.00. The minimum absolute atomic E-state index is 0.208. The summed E-state index contributed by atoms with van der Waals surface area (Å²) < 4.78 is 5.35. The van der Waals surface area contributed by atoms with Gasteiger partial charge < -0.3 is 10.5 Å². The molecule has 0 amide bonds. The van der Waals surface area contributed by atoms with Crippen LogP contribution < -0.4 is 5.73 Å². The van der Waals surface area contributed by atoms with Gasteiger partial charge in [-0.1, -0.05) is 33.1 Å². The summed E-state index contributed by atoms with van der Waals surface area (Å²) in [6.45, 7) is 9.49. The van der Waals surface area contributed by atoms with E-state index < -0.39 is 0 Å². The van der Waals surface area contributed by atoms with Gasteiger partial charge in [0, 0.05) is 25.2 Å². The first kappa shape index (κ1) is 15.9. The molecule has 1 saturated carbocycles. The van der Waals surface area contributed by atoms with E-state index in [0.717, 1.165) is 25.6 Å². The maximum atomic E-state index is 6.23. The van der Waals surface area contributed by atoms with Crippen LogP contribution in [0.1, 0.15) is 52.9 Å². The molecule has 3 atom stereocenters.